The Morgan fingerprint density at radius 2 is 2.00 bits per heavy atom. The largest absolute Gasteiger partial charge is 0.466 e. The first kappa shape index (κ1) is 15.5. The van der Waals surface area contributed by atoms with Crippen molar-refractivity contribution in [3.05, 3.63) is 0 Å². The predicted octanol–water partition coefficient (Wildman–Crippen LogP) is 3.28. The summed E-state index contributed by atoms with van der Waals surface area (Å²) in [6, 6.07) is 0.312. The first-order valence-electron chi connectivity index (χ1n) is 7.65. The molecule has 0 aliphatic heterocycles. The number of carbonyl (C=O) groups is 1. The van der Waals surface area contributed by atoms with Gasteiger partial charge in [-0.2, -0.15) is 0 Å². The number of ether oxygens (including phenoxy) is 1. The Bertz CT molecular complexity index is 225. The lowest BCUT2D eigenvalue weighted by Crippen LogP contribution is -2.34. The minimum Gasteiger partial charge on any atom is -0.466 e. The molecule has 1 fully saturated rings. The van der Waals surface area contributed by atoms with Gasteiger partial charge in [0.25, 0.3) is 0 Å². The molecule has 1 aliphatic carbocycles. The maximum absolute atomic E-state index is 11.6. The third-order valence-electron chi connectivity index (χ3n) is 3.74. The van der Waals surface area contributed by atoms with Crippen molar-refractivity contribution in [2.45, 2.75) is 71.3 Å². The number of hydrogen-bond acceptors (Lipinski definition) is 3. The SMILES string of the molecule is CCCNC(CC(=O)OCC)CC1CCCCC1. The summed E-state index contributed by atoms with van der Waals surface area (Å²) in [6.07, 6.45) is 9.59. The number of rotatable bonds is 8. The molecule has 0 aromatic rings. The van der Waals surface area contributed by atoms with E-state index in [9.17, 15) is 4.79 Å². The van der Waals surface area contributed by atoms with Gasteiger partial charge < -0.3 is 10.1 Å². The van der Waals surface area contributed by atoms with Crippen LogP contribution in [-0.4, -0.2) is 25.2 Å². The molecule has 106 valence electrons. The lowest BCUT2D eigenvalue weighted by Gasteiger charge is -2.26. The van der Waals surface area contributed by atoms with Gasteiger partial charge in [-0.3, -0.25) is 4.79 Å². The number of carbonyl (C=O) groups excluding carboxylic acids is 1. The summed E-state index contributed by atoms with van der Waals surface area (Å²) in [5.74, 6) is 0.754. The van der Waals surface area contributed by atoms with E-state index in [1.54, 1.807) is 0 Å². The highest BCUT2D eigenvalue weighted by Crippen LogP contribution is 2.28. The van der Waals surface area contributed by atoms with Crippen LogP contribution in [0.4, 0.5) is 0 Å². The van der Waals surface area contributed by atoms with Crippen molar-refractivity contribution in [1.29, 1.82) is 0 Å². The molecule has 1 atom stereocenters. The molecular formula is C15H29NO2. The molecule has 0 radical (unpaired) electrons. The van der Waals surface area contributed by atoms with Crippen LogP contribution in [0.2, 0.25) is 0 Å². The van der Waals surface area contributed by atoms with Crippen molar-refractivity contribution >= 4 is 5.97 Å². The molecule has 0 amide bonds. The summed E-state index contributed by atoms with van der Waals surface area (Å²) in [5, 5.41) is 3.51. The third-order valence-corrected chi connectivity index (χ3v) is 3.74. The zero-order chi connectivity index (χ0) is 13.2. The first-order valence-corrected chi connectivity index (χ1v) is 7.65. The van der Waals surface area contributed by atoms with Crippen LogP contribution in [0.5, 0.6) is 0 Å². The topological polar surface area (TPSA) is 38.3 Å². The van der Waals surface area contributed by atoms with Gasteiger partial charge in [0.05, 0.1) is 13.0 Å². The van der Waals surface area contributed by atoms with Crippen LogP contribution in [0.3, 0.4) is 0 Å². The maximum Gasteiger partial charge on any atom is 0.307 e. The second kappa shape index (κ2) is 9.37. The summed E-state index contributed by atoms with van der Waals surface area (Å²) >= 11 is 0. The van der Waals surface area contributed by atoms with E-state index in [0.717, 1.165) is 25.3 Å². The monoisotopic (exact) mass is 255 g/mol. The lowest BCUT2D eigenvalue weighted by molar-refractivity contribution is -0.143. The van der Waals surface area contributed by atoms with Crippen molar-refractivity contribution in [2.24, 2.45) is 5.92 Å². The Labute approximate surface area is 112 Å². The summed E-state index contributed by atoms with van der Waals surface area (Å²) in [4.78, 5) is 11.6. The van der Waals surface area contributed by atoms with Crippen LogP contribution < -0.4 is 5.32 Å². The fraction of sp³-hybridized carbons (Fsp3) is 0.933. The van der Waals surface area contributed by atoms with Gasteiger partial charge in [-0.15, -0.1) is 0 Å². The highest BCUT2D eigenvalue weighted by Gasteiger charge is 2.21. The Balaban J connectivity index is 2.35. The lowest BCUT2D eigenvalue weighted by atomic mass is 9.84. The molecule has 0 spiro atoms. The minimum atomic E-state index is -0.0538. The zero-order valence-electron chi connectivity index (χ0n) is 12.0. The number of esters is 1. The Morgan fingerprint density at radius 1 is 1.28 bits per heavy atom. The molecule has 0 aromatic carbocycles. The molecule has 0 aromatic heterocycles. The van der Waals surface area contributed by atoms with Gasteiger partial charge in [0.1, 0.15) is 0 Å². The fourth-order valence-corrected chi connectivity index (χ4v) is 2.83. The van der Waals surface area contributed by atoms with E-state index in [4.69, 9.17) is 4.74 Å². The standard InChI is InChI=1S/C15H29NO2/c1-3-10-16-14(12-15(17)18-4-2)11-13-8-6-5-7-9-13/h13-14,16H,3-12H2,1-2H3. The van der Waals surface area contributed by atoms with E-state index in [2.05, 4.69) is 12.2 Å². The maximum atomic E-state index is 11.6. The summed E-state index contributed by atoms with van der Waals surface area (Å²) in [5.41, 5.74) is 0. The summed E-state index contributed by atoms with van der Waals surface area (Å²) < 4.78 is 5.06. The summed E-state index contributed by atoms with van der Waals surface area (Å²) in [7, 11) is 0. The van der Waals surface area contributed by atoms with Gasteiger partial charge in [0.15, 0.2) is 0 Å². The Hall–Kier alpha value is -0.570. The van der Waals surface area contributed by atoms with Crippen molar-refractivity contribution < 1.29 is 9.53 Å². The van der Waals surface area contributed by atoms with Crippen LogP contribution in [0.1, 0.15) is 65.2 Å². The van der Waals surface area contributed by atoms with E-state index >= 15 is 0 Å². The van der Waals surface area contributed by atoms with Crippen LogP contribution in [0.25, 0.3) is 0 Å². The summed E-state index contributed by atoms with van der Waals surface area (Å²) in [6.45, 7) is 5.52. The third kappa shape index (κ3) is 6.39. The Morgan fingerprint density at radius 3 is 2.61 bits per heavy atom. The van der Waals surface area contributed by atoms with Gasteiger partial charge in [-0.1, -0.05) is 39.0 Å². The van der Waals surface area contributed by atoms with Gasteiger partial charge in [0, 0.05) is 6.04 Å². The van der Waals surface area contributed by atoms with Crippen LogP contribution >= 0.6 is 0 Å². The van der Waals surface area contributed by atoms with Crippen molar-refractivity contribution in [3.63, 3.8) is 0 Å². The number of nitrogens with one attached hydrogen (secondary N) is 1. The molecule has 1 saturated carbocycles. The quantitative estimate of drug-likeness (QED) is 0.676. The van der Waals surface area contributed by atoms with Crippen LogP contribution in [0, 0.1) is 5.92 Å². The zero-order valence-corrected chi connectivity index (χ0v) is 12.0. The molecule has 0 heterocycles. The second-order valence-electron chi connectivity index (χ2n) is 5.40. The van der Waals surface area contributed by atoms with Gasteiger partial charge in [0.2, 0.25) is 0 Å². The van der Waals surface area contributed by atoms with Crippen molar-refractivity contribution in [3.8, 4) is 0 Å². The van der Waals surface area contributed by atoms with Crippen LogP contribution in [-0.2, 0) is 9.53 Å². The highest BCUT2D eigenvalue weighted by atomic mass is 16.5. The minimum absolute atomic E-state index is 0.0538. The van der Waals surface area contributed by atoms with E-state index < -0.39 is 0 Å². The normalized spacial score (nSPS) is 18.6. The molecule has 1 unspecified atom stereocenters. The van der Waals surface area contributed by atoms with Gasteiger partial charge in [-0.05, 0) is 32.2 Å². The van der Waals surface area contributed by atoms with E-state index in [1.807, 2.05) is 6.92 Å². The molecule has 0 saturated heterocycles. The molecular weight excluding hydrogens is 226 g/mol. The molecule has 0 bridgehead atoms. The second-order valence-corrected chi connectivity index (χ2v) is 5.40. The fourth-order valence-electron chi connectivity index (χ4n) is 2.83. The average molecular weight is 255 g/mol. The molecule has 1 rings (SSSR count). The first-order chi connectivity index (χ1) is 8.76. The number of hydrogen-bond donors (Lipinski definition) is 1. The molecule has 1 N–H and O–H groups in total. The molecule has 1 aliphatic rings. The highest BCUT2D eigenvalue weighted by molar-refractivity contribution is 5.70. The smallest absolute Gasteiger partial charge is 0.307 e. The van der Waals surface area contributed by atoms with E-state index in [1.165, 1.54) is 32.1 Å². The van der Waals surface area contributed by atoms with Gasteiger partial charge in [-0.25, -0.2) is 0 Å². The van der Waals surface area contributed by atoms with Gasteiger partial charge >= 0.3 is 5.97 Å². The Kier molecular flexibility index (Phi) is 8.06. The predicted molar refractivity (Wildman–Crippen MR) is 74.5 cm³/mol. The molecule has 3 nitrogen and oxygen atoms in total. The van der Waals surface area contributed by atoms with Crippen molar-refractivity contribution in [2.75, 3.05) is 13.2 Å². The molecule has 18 heavy (non-hydrogen) atoms. The van der Waals surface area contributed by atoms with Crippen molar-refractivity contribution in [1.82, 2.24) is 5.32 Å². The van der Waals surface area contributed by atoms with E-state index in [-0.39, 0.29) is 5.97 Å². The average Bonchev–Trinajstić information content (AvgIpc) is 2.37. The molecule has 3 heteroatoms. The van der Waals surface area contributed by atoms with Crippen LogP contribution in [0.15, 0.2) is 0 Å². The van der Waals surface area contributed by atoms with E-state index in [0.29, 0.717) is 19.1 Å².